The van der Waals surface area contributed by atoms with Crippen molar-refractivity contribution in [2.24, 2.45) is 0 Å². The van der Waals surface area contributed by atoms with Gasteiger partial charge in [0.15, 0.2) is 0 Å². The lowest BCUT2D eigenvalue weighted by atomic mass is 10.0. The number of halogens is 1. The fourth-order valence-electron chi connectivity index (χ4n) is 1.70. The summed E-state index contributed by atoms with van der Waals surface area (Å²) in [5.41, 5.74) is 3.59. The van der Waals surface area contributed by atoms with Crippen molar-refractivity contribution >= 4 is 15.9 Å². The highest BCUT2D eigenvalue weighted by molar-refractivity contribution is 9.10. The lowest BCUT2D eigenvalue weighted by molar-refractivity contribution is 0.412. The second-order valence-electron chi connectivity index (χ2n) is 3.69. The van der Waals surface area contributed by atoms with Crippen LogP contribution in [0.5, 0.6) is 5.75 Å². The quantitative estimate of drug-likeness (QED) is 0.788. The molecule has 0 aliphatic rings. The van der Waals surface area contributed by atoms with Gasteiger partial charge >= 0.3 is 0 Å². The first-order chi connectivity index (χ1) is 7.70. The zero-order valence-corrected chi connectivity index (χ0v) is 10.9. The predicted octanol–water partition coefficient (Wildman–Crippen LogP) is 4.43. The summed E-state index contributed by atoms with van der Waals surface area (Å²) < 4.78 is 6.35. The van der Waals surface area contributed by atoms with Crippen molar-refractivity contribution in [3.05, 3.63) is 52.5 Å². The fourth-order valence-corrected chi connectivity index (χ4v) is 1.96. The van der Waals surface area contributed by atoms with Crippen molar-refractivity contribution < 1.29 is 4.74 Å². The van der Waals surface area contributed by atoms with Crippen LogP contribution in [0.15, 0.2) is 46.9 Å². The van der Waals surface area contributed by atoms with Gasteiger partial charge in [0.2, 0.25) is 0 Å². The second-order valence-corrected chi connectivity index (χ2v) is 4.61. The number of hydrogen-bond donors (Lipinski definition) is 0. The molecule has 0 spiro atoms. The van der Waals surface area contributed by atoms with Crippen molar-refractivity contribution in [1.82, 2.24) is 0 Å². The molecular weight excluding hydrogens is 264 g/mol. The molecule has 0 aliphatic carbocycles. The smallest absolute Gasteiger partial charge is 0.121 e. The minimum Gasteiger partial charge on any atom is -0.496 e. The number of hydrogen-bond acceptors (Lipinski definition) is 1. The monoisotopic (exact) mass is 276 g/mol. The molecule has 2 aromatic carbocycles. The van der Waals surface area contributed by atoms with Gasteiger partial charge in [0.1, 0.15) is 5.75 Å². The number of rotatable bonds is 2. The molecule has 0 unspecified atom stereocenters. The maximum atomic E-state index is 5.25. The molecule has 2 rings (SSSR count). The zero-order valence-electron chi connectivity index (χ0n) is 9.33. The molecule has 0 saturated carbocycles. The summed E-state index contributed by atoms with van der Waals surface area (Å²) in [6.45, 7) is 2.06. The van der Waals surface area contributed by atoms with Gasteiger partial charge in [-0.2, -0.15) is 0 Å². The fraction of sp³-hybridized carbons (Fsp3) is 0.143. The molecule has 16 heavy (non-hydrogen) atoms. The number of methoxy groups -OCH3 is 1. The zero-order chi connectivity index (χ0) is 11.5. The van der Waals surface area contributed by atoms with Gasteiger partial charge in [-0.1, -0.05) is 34.1 Å². The van der Waals surface area contributed by atoms with E-state index in [1.54, 1.807) is 7.11 Å². The number of benzene rings is 2. The Hall–Kier alpha value is -1.28. The molecule has 1 nitrogen and oxygen atoms in total. The largest absolute Gasteiger partial charge is 0.496 e. The van der Waals surface area contributed by atoms with E-state index < -0.39 is 0 Å². The molecule has 0 radical (unpaired) electrons. The molecule has 0 bridgehead atoms. The van der Waals surface area contributed by atoms with Crippen LogP contribution in [-0.4, -0.2) is 7.11 Å². The van der Waals surface area contributed by atoms with Gasteiger partial charge < -0.3 is 4.74 Å². The lowest BCUT2D eigenvalue weighted by Gasteiger charge is -2.07. The van der Waals surface area contributed by atoms with Gasteiger partial charge in [-0.15, -0.1) is 0 Å². The highest BCUT2D eigenvalue weighted by Gasteiger charge is 2.01. The van der Waals surface area contributed by atoms with Crippen molar-refractivity contribution in [3.8, 4) is 16.9 Å². The average molecular weight is 277 g/mol. The van der Waals surface area contributed by atoms with Crippen LogP contribution in [0, 0.1) is 6.92 Å². The van der Waals surface area contributed by atoms with Crippen LogP contribution in [-0.2, 0) is 0 Å². The summed E-state index contributed by atoms with van der Waals surface area (Å²) in [7, 11) is 1.70. The van der Waals surface area contributed by atoms with Gasteiger partial charge in [-0.25, -0.2) is 0 Å². The first-order valence-electron chi connectivity index (χ1n) is 5.11. The first kappa shape index (κ1) is 11.2. The minimum absolute atomic E-state index is 0.931. The topological polar surface area (TPSA) is 9.23 Å². The van der Waals surface area contributed by atoms with Crippen LogP contribution < -0.4 is 4.74 Å². The summed E-state index contributed by atoms with van der Waals surface area (Å²) in [5, 5.41) is 0. The highest BCUT2D eigenvalue weighted by atomic mass is 79.9. The Morgan fingerprint density at radius 3 is 2.12 bits per heavy atom. The molecule has 0 saturated heterocycles. The van der Waals surface area contributed by atoms with E-state index in [9.17, 15) is 0 Å². The Morgan fingerprint density at radius 2 is 1.56 bits per heavy atom. The molecule has 2 heteroatoms. The van der Waals surface area contributed by atoms with E-state index in [0.717, 1.165) is 15.8 Å². The van der Waals surface area contributed by atoms with Crippen LogP contribution in [0.3, 0.4) is 0 Å². The summed E-state index contributed by atoms with van der Waals surface area (Å²) in [6, 6.07) is 14.5. The van der Waals surface area contributed by atoms with Gasteiger partial charge in [-0.3, -0.25) is 0 Å². The van der Waals surface area contributed by atoms with E-state index in [2.05, 4.69) is 59.3 Å². The van der Waals surface area contributed by atoms with E-state index in [1.165, 1.54) is 11.1 Å². The van der Waals surface area contributed by atoms with Crippen LogP contribution in [0.1, 0.15) is 5.56 Å². The third kappa shape index (κ3) is 2.27. The molecule has 2 aromatic rings. The van der Waals surface area contributed by atoms with Crippen LogP contribution >= 0.6 is 15.9 Å². The maximum Gasteiger partial charge on any atom is 0.121 e. The summed E-state index contributed by atoms with van der Waals surface area (Å²) in [6.07, 6.45) is 0. The van der Waals surface area contributed by atoms with E-state index >= 15 is 0 Å². The van der Waals surface area contributed by atoms with Gasteiger partial charge in [0.05, 0.1) is 7.11 Å². The molecule has 0 amide bonds. The van der Waals surface area contributed by atoms with Crippen LogP contribution in [0.2, 0.25) is 0 Å². The Balaban J connectivity index is 2.41. The van der Waals surface area contributed by atoms with Crippen molar-refractivity contribution in [2.45, 2.75) is 6.92 Å². The van der Waals surface area contributed by atoms with Gasteiger partial charge in [0, 0.05) is 4.47 Å². The minimum atomic E-state index is 0.931. The van der Waals surface area contributed by atoms with Crippen LogP contribution in [0.4, 0.5) is 0 Å². The molecule has 0 fully saturated rings. The summed E-state index contributed by atoms with van der Waals surface area (Å²) in [4.78, 5) is 0. The number of aryl methyl sites for hydroxylation is 1. The normalized spacial score (nSPS) is 10.2. The van der Waals surface area contributed by atoms with E-state index in [-0.39, 0.29) is 0 Å². The third-order valence-corrected chi connectivity index (χ3v) is 3.10. The SMILES string of the molecule is COc1ccc(-c2ccc(Br)cc2)cc1C. The Labute approximate surface area is 104 Å². The van der Waals surface area contributed by atoms with Gasteiger partial charge in [-0.05, 0) is 47.9 Å². The standard InChI is InChI=1S/C14H13BrO/c1-10-9-12(5-8-14(10)16-2)11-3-6-13(15)7-4-11/h3-9H,1-2H3. The van der Waals surface area contributed by atoms with Crippen molar-refractivity contribution in [3.63, 3.8) is 0 Å². The molecule has 82 valence electrons. The third-order valence-electron chi connectivity index (χ3n) is 2.57. The molecular formula is C14H13BrO. The Morgan fingerprint density at radius 1 is 0.938 bits per heavy atom. The Kier molecular flexibility index (Phi) is 3.30. The Bertz CT molecular complexity index is 489. The van der Waals surface area contributed by atoms with Crippen molar-refractivity contribution in [1.29, 1.82) is 0 Å². The average Bonchev–Trinajstić information content (AvgIpc) is 2.30. The summed E-state index contributed by atoms with van der Waals surface area (Å²) >= 11 is 3.44. The van der Waals surface area contributed by atoms with Gasteiger partial charge in [0.25, 0.3) is 0 Å². The van der Waals surface area contributed by atoms with E-state index in [1.807, 2.05) is 6.07 Å². The highest BCUT2D eigenvalue weighted by Crippen LogP contribution is 2.26. The van der Waals surface area contributed by atoms with E-state index in [4.69, 9.17) is 4.74 Å². The molecule has 0 heterocycles. The van der Waals surface area contributed by atoms with E-state index in [0.29, 0.717) is 0 Å². The predicted molar refractivity (Wildman–Crippen MR) is 70.9 cm³/mol. The maximum absolute atomic E-state index is 5.25. The van der Waals surface area contributed by atoms with Crippen molar-refractivity contribution in [2.75, 3.05) is 7.11 Å². The molecule has 0 atom stereocenters. The first-order valence-corrected chi connectivity index (χ1v) is 5.90. The molecule has 0 aliphatic heterocycles. The second kappa shape index (κ2) is 4.71. The summed E-state index contributed by atoms with van der Waals surface area (Å²) in [5.74, 6) is 0.931. The molecule has 0 N–H and O–H groups in total. The van der Waals surface area contributed by atoms with Crippen LogP contribution in [0.25, 0.3) is 11.1 Å². The number of ether oxygens (including phenoxy) is 1. The lowest BCUT2D eigenvalue weighted by Crippen LogP contribution is -1.87. The molecule has 0 aromatic heterocycles.